The van der Waals surface area contributed by atoms with E-state index in [2.05, 4.69) is 25.3 Å². The van der Waals surface area contributed by atoms with Gasteiger partial charge in [-0.2, -0.15) is 22.0 Å². The van der Waals surface area contributed by atoms with Gasteiger partial charge in [0.15, 0.2) is 11.7 Å². The Morgan fingerprint density at radius 3 is 2.62 bits per heavy atom. The van der Waals surface area contributed by atoms with Gasteiger partial charge in [-0.1, -0.05) is 11.6 Å². The van der Waals surface area contributed by atoms with Gasteiger partial charge >= 0.3 is 12.8 Å². The van der Waals surface area contributed by atoms with Crippen molar-refractivity contribution in [2.45, 2.75) is 25.8 Å². The zero-order valence-electron chi connectivity index (χ0n) is 14.9. The molecule has 1 heterocycles. The highest BCUT2D eigenvalue weighted by atomic mass is 127. The molecule has 0 bridgehead atoms. The maximum atomic E-state index is 12.5. The monoisotopic (exact) mass is 570 g/mol. The van der Waals surface area contributed by atoms with Crippen LogP contribution < -0.4 is 15.4 Å². The highest BCUT2D eigenvalue weighted by Crippen LogP contribution is 2.30. The van der Waals surface area contributed by atoms with E-state index in [0.717, 1.165) is 16.7 Å². The van der Waals surface area contributed by atoms with E-state index in [1.165, 1.54) is 25.2 Å². The van der Waals surface area contributed by atoms with Crippen molar-refractivity contribution in [1.82, 2.24) is 15.6 Å². The van der Waals surface area contributed by atoms with Crippen LogP contribution in [0.25, 0.3) is 0 Å². The summed E-state index contributed by atoms with van der Waals surface area (Å²) in [6.07, 6.45) is -4.20. The number of halogens is 7. The zero-order chi connectivity index (χ0) is 20.7. The van der Waals surface area contributed by atoms with Gasteiger partial charge in [-0.3, -0.25) is 4.99 Å². The summed E-state index contributed by atoms with van der Waals surface area (Å²) in [4.78, 5) is 7.50. The Morgan fingerprint density at radius 2 is 2.03 bits per heavy atom. The molecule has 13 heteroatoms. The molecule has 5 nitrogen and oxygen atoms in total. The van der Waals surface area contributed by atoms with E-state index >= 15 is 0 Å². The first-order valence-corrected chi connectivity index (χ1v) is 9.14. The number of rotatable bonds is 7. The number of nitrogens with zero attached hydrogens (tertiary/aromatic N) is 2. The summed E-state index contributed by atoms with van der Waals surface area (Å²) < 4.78 is 67.0. The number of nitrogens with one attached hydrogen (secondary N) is 2. The quantitative estimate of drug-likeness (QED) is 0.214. The minimum Gasteiger partial charge on any atom is -0.434 e. The predicted molar refractivity (Wildman–Crippen MR) is 113 cm³/mol. The van der Waals surface area contributed by atoms with Gasteiger partial charge in [0.05, 0.1) is 5.01 Å². The minimum atomic E-state index is -4.46. The minimum absolute atomic E-state index is 0. The van der Waals surface area contributed by atoms with E-state index in [4.69, 9.17) is 11.6 Å². The molecule has 0 amide bonds. The Labute approximate surface area is 189 Å². The fourth-order valence-corrected chi connectivity index (χ4v) is 3.14. The second-order valence-electron chi connectivity index (χ2n) is 5.36. The molecule has 2 aromatic rings. The highest BCUT2D eigenvalue weighted by Gasteiger charge is 2.33. The van der Waals surface area contributed by atoms with Gasteiger partial charge in [-0.25, -0.2) is 4.98 Å². The molecule has 0 saturated carbocycles. The highest BCUT2D eigenvalue weighted by molar-refractivity contribution is 14.0. The average molecular weight is 571 g/mol. The number of hydrogen-bond donors (Lipinski definition) is 2. The molecule has 29 heavy (non-hydrogen) atoms. The third kappa shape index (κ3) is 8.46. The number of hydrogen-bond acceptors (Lipinski definition) is 4. The van der Waals surface area contributed by atoms with Gasteiger partial charge in [-0.15, -0.1) is 35.3 Å². The number of thiazole rings is 1. The topological polar surface area (TPSA) is 58.5 Å². The molecule has 1 aromatic heterocycles. The van der Waals surface area contributed by atoms with Crippen LogP contribution in [0.15, 0.2) is 28.6 Å². The lowest BCUT2D eigenvalue weighted by Gasteiger charge is -2.14. The van der Waals surface area contributed by atoms with Crippen molar-refractivity contribution in [2.24, 2.45) is 4.99 Å². The number of aromatic nitrogens is 1. The molecule has 0 atom stereocenters. The molecule has 1 aromatic carbocycles. The molecular formula is C16H17ClF5IN4OS. The number of alkyl halides is 5. The standard InChI is InChI=1S/C16H16ClF5N4OS.HI/c1-23-15(24-5-4-13-26-12(8-28-13)16(20,21)22)25-7-9-6-10(17)2-3-11(9)27-14(18)19;/h2-3,6,8,14H,4-5,7H2,1H3,(H2,23,24,25);1H. The number of benzene rings is 1. The Hall–Kier alpha value is -1.41. The van der Waals surface area contributed by atoms with Crippen LogP contribution in [0.5, 0.6) is 5.75 Å². The Morgan fingerprint density at radius 1 is 1.31 bits per heavy atom. The molecular weight excluding hydrogens is 554 g/mol. The summed E-state index contributed by atoms with van der Waals surface area (Å²) in [7, 11) is 1.50. The smallest absolute Gasteiger partial charge is 0.434 e. The third-order valence-corrected chi connectivity index (χ3v) is 4.53. The second kappa shape index (κ2) is 11.7. The predicted octanol–water partition coefficient (Wildman–Crippen LogP) is 4.94. The summed E-state index contributed by atoms with van der Waals surface area (Å²) in [5, 5.41) is 7.46. The van der Waals surface area contributed by atoms with Crippen LogP contribution in [-0.2, 0) is 19.1 Å². The van der Waals surface area contributed by atoms with E-state index in [1.807, 2.05) is 0 Å². The molecule has 0 saturated heterocycles. The van der Waals surface area contributed by atoms with Crippen molar-refractivity contribution in [3.05, 3.63) is 44.9 Å². The van der Waals surface area contributed by atoms with Crippen LogP contribution in [0, 0.1) is 0 Å². The SMILES string of the molecule is CN=C(NCCc1nc(C(F)(F)F)cs1)NCc1cc(Cl)ccc1OC(F)F.I. The molecule has 0 fully saturated rings. The number of aliphatic imine (C=N–C) groups is 1. The second-order valence-corrected chi connectivity index (χ2v) is 6.74. The average Bonchev–Trinajstić information content (AvgIpc) is 3.09. The summed E-state index contributed by atoms with van der Waals surface area (Å²) >= 11 is 6.81. The van der Waals surface area contributed by atoms with Crippen LogP contribution in [0.3, 0.4) is 0 Å². The van der Waals surface area contributed by atoms with Crippen LogP contribution in [0.2, 0.25) is 5.02 Å². The third-order valence-electron chi connectivity index (χ3n) is 3.38. The van der Waals surface area contributed by atoms with Crippen molar-refractivity contribution in [2.75, 3.05) is 13.6 Å². The van der Waals surface area contributed by atoms with Gasteiger partial charge in [0, 0.05) is 42.5 Å². The van der Waals surface area contributed by atoms with E-state index < -0.39 is 18.5 Å². The Bertz CT molecular complexity index is 819. The van der Waals surface area contributed by atoms with Crippen LogP contribution in [-0.4, -0.2) is 31.1 Å². The molecule has 0 unspecified atom stereocenters. The first kappa shape index (κ1) is 25.6. The Balaban J connectivity index is 0.00000420. The first-order chi connectivity index (χ1) is 13.2. The van der Waals surface area contributed by atoms with Crippen molar-refractivity contribution in [1.29, 1.82) is 0 Å². The van der Waals surface area contributed by atoms with Crippen molar-refractivity contribution < 1.29 is 26.7 Å². The van der Waals surface area contributed by atoms with Gasteiger partial charge in [0.25, 0.3) is 0 Å². The lowest BCUT2D eigenvalue weighted by Crippen LogP contribution is -2.38. The van der Waals surface area contributed by atoms with E-state index in [0.29, 0.717) is 21.6 Å². The Kier molecular flexibility index (Phi) is 10.3. The van der Waals surface area contributed by atoms with Gasteiger partial charge < -0.3 is 15.4 Å². The fraction of sp³-hybridized carbons (Fsp3) is 0.375. The lowest BCUT2D eigenvalue weighted by molar-refractivity contribution is -0.140. The van der Waals surface area contributed by atoms with Gasteiger partial charge in [0.1, 0.15) is 5.75 Å². The van der Waals surface area contributed by atoms with Crippen LogP contribution >= 0.6 is 46.9 Å². The van der Waals surface area contributed by atoms with Crippen molar-refractivity contribution in [3.63, 3.8) is 0 Å². The molecule has 0 aliphatic rings. The normalized spacial score (nSPS) is 11.9. The van der Waals surface area contributed by atoms with E-state index in [9.17, 15) is 22.0 Å². The first-order valence-electron chi connectivity index (χ1n) is 7.88. The molecule has 0 aliphatic heterocycles. The summed E-state index contributed by atoms with van der Waals surface area (Å²) in [6.45, 7) is -2.60. The lowest BCUT2D eigenvalue weighted by atomic mass is 10.2. The van der Waals surface area contributed by atoms with E-state index in [1.54, 1.807) is 0 Å². The summed E-state index contributed by atoms with van der Waals surface area (Å²) in [5.41, 5.74) is -0.520. The maximum Gasteiger partial charge on any atom is 0.434 e. The molecule has 0 radical (unpaired) electrons. The summed E-state index contributed by atoms with van der Waals surface area (Å²) in [5.74, 6) is 0.306. The molecule has 0 aliphatic carbocycles. The van der Waals surface area contributed by atoms with Crippen LogP contribution in [0.4, 0.5) is 22.0 Å². The summed E-state index contributed by atoms with van der Waals surface area (Å²) in [6, 6.07) is 4.25. The zero-order valence-corrected chi connectivity index (χ0v) is 18.8. The molecule has 2 rings (SSSR count). The maximum absolute atomic E-state index is 12.5. The number of ether oxygens (including phenoxy) is 1. The van der Waals surface area contributed by atoms with Crippen molar-refractivity contribution >= 4 is 52.9 Å². The molecule has 162 valence electrons. The van der Waals surface area contributed by atoms with Gasteiger partial charge in [-0.05, 0) is 18.2 Å². The van der Waals surface area contributed by atoms with Crippen LogP contribution in [0.1, 0.15) is 16.3 Å². The van der Waals surface area contributed by atoms with E-state index in [-0.39, 0.29) is 49.2 Å². The van der Waals surface area contributed by atoms with Crippen molar-refractivity contribution in [3.8, 4) is 5.75 Å². The largest absolute Gasteiger partial charge is 0.434 e. The van der Waals surface area contributed by atoms with Gasteiger partial charge in [0.2, 0.25) is 0 Å². The fourth-order valence-electron chi connectivity index (χ4n) is 2.14. The number of guanidine groups is 1. The molecule has 2 N–H and O–H groups in total. The molecule has 0 spiro atoms.